The number of ether oxygens (including phenoxy) is 1. The van der Waals surface area contributed by atoms with Gasteiger partial charge in [0.05, 0.1) is 11.5 Å². The fourth-order valence-electron chi connectivity index (χ4n) is 1.99. The molecular formula is C13H11ClN2O3S. The molecule has 0 bridgehead atoms. The number of fused-ring (bicyclic) bond motifs is 1. The fraction of sp³-hybridized carbons (Fsp3) is 0.154. The minimum Gasteiger partial charge on any atom is -0.493 e. The van der Waals surface area contributed by atoms with Crippen molar-refractivity contribution in [2.45, 2.75) is 11.3 Å². The van der Waals surface area contributed by atoms with E-state index in [0.29, 0.717) is 13.0 Å². The van der Waals surface area contributed by atoms with Crippen molar-refractivity contribution in [2.75, 3.05) is 11.3 Å². The highest BCUT2D eigenvalue weighted by Crippen LogP contribution is 2.28. The van der Waals surface area contributed by atoms with Crippen LogP contribution in [0.1, 0.15) is 5.56 Å². The van der Waals surface area contributed by atoms with Crippen molar-refractivity contribution in [3.05, 3.63) is 47.1 Å². The number of pyridine rings is 1. The number of rotatable bonds is 3. The first-order valence-electron chi connectivity index (χ1n) is 5.96. The van der Waals surface area contributed by atoms with Crippen molar-refractivity contribution >= 4 is 27.4 Å². The zero-order valence-corrected chi connectivity index (χ0v) is 11.9. The molecule has 104 valence electrons. The minimum atomic E-state index is -3.68. The van der Waals surface area contributed by atoms with Crippen LogP contribution in [0.3, 0.4) is 0 Å². The van der Waals surface area contributed by atoms with Crippen molar-refractivity contribution in [1.82, 2.24) is 4.98 Å². The number of hydrogen-bond donors (Lipinski definition) is 1. The zero-order valence-electron chi connectivity index (χ0n) is 10.3. The Morgan fingerprint density at radius 3 is 2.90 bits per heavy atom. The number of nitrogens with one attached hydrogen (secondary N) is 1. The summed E-state index contributed by atoms with van der Waals surface area (Å²) in [5, 5.41) is 0.229. The maximum Gasteiger partial charge on any atom is 0.263 e. The van der Waals surface area contributed by atoms with Gasteiger partial charge in [-0.25, -0.2) is 13.4 Å². The van der Waals surface area contributed by atoms with Gasteiger partial charge >= 0.3 is 0 Å². The average Bonchev–Trinajstić information content (AvgIpc) is 2.85. The fourth-order valence-corrected chi connectivity index (χ4v) is 3.21. The number of halogens is 1. The molecule has 2 heterocycles. The predicted octanol–water partition coefficient (Wildman–Crippen LogP) is 2.47. The Bertz CT molecular complexity index is 762. The van der Waals surface area contributed by atoms with Crippen LogP contribution in [0.5, 0.6) is 5.75 Å². The largest absolute Gasteiger partial charge is 0.493 e. The Hall–Kier alpha value is -1.79. The van der Waals surface area contributed by atoms with Crippen LogP contribution in [-0.2, 0) is 16.4 Å². The number of aromatic nitrogens is 1. The molecule has 0 saturated heterocycles. The van der Waals surface area contributed by atoms with Gasteiger partial charge in [0.1, 0.15) is 16.7 Å². The van der Waals surface area contributed by atoms with E-state index in [9.17, 15) is 8.42 Å². The van der Waals surface area contributed by atoms with Crippen LogP contribution in [0.4, 0.5) is 5.82 Å². The lowest BCUT2D eigenvalue weighted by Gasteiger charge is -2.08. The molecule has 1 aliphatic rings. The Balaban J connectivity index is 1.92. The molecular weight excluding hydrogens is 300 g/mol. The van der Waals surface area contributed by atoms with Crippen molar-refractivity contribution < 1.29 is 13.2 Å². The lowest BCUT2D eigenvalue weighted by Crippen LogP contribution is -2.14. The van der Waals surface area contributed by atoms with Gasteiger partial charge in [-0.3, -0.25) is 4.72 Å². The van der Waals surface area contributed by atoms with Gasteiger partial charge in [-0.15, -0.1) is 0 Å². The molecule has 5 nitrogen and oxygen atoms in total. The second kappa shape index (κ2) is 4.96. The smallest absolute Gasteiger partial charge is 0.263 e. The van der Waals surface area contributed by atoms with E-state index >= 15 is 0 Å². The molecule has 2 aromatic rings. The van der Waals surface area contributed by atoms with Gasteiger partial charge in [-0.05, 0) is 35.9 Å². The molecule has 3 rings (SSSR count). The Labute approximate surface area is 121 Å². The van der Waals surface area contributed by atoms with E-state index in [1.807, 2.05) is 0 Å². The third-order valence-corrected chi connectivity index (χ3v) is 4.49. The summed E-state index contributed by atoms with van der Waals surface area (Å²) in [5.41, 5.74) is 0.895. The van der Waals surface area contributed by atoms with E-state index in [0.717, 1.165) is 11.3 Å². The Morgan fingerprint density at radius 1 is 1.25 bits per heavy atom. The lowest BCUT2D eigenvalue weighted by molar-refractivity contribution is 0.356. The molecule has 0 amide bonds. The predicted molar refractivity (Wildman–Crippen MR) is 75.7 cm³/mol. The van der Waals surface area contributed by atoms with Gasteiger partial charge < -0.3 is 4.74 Å². The topological polar surface area (TPSA) is 68.3 Å². The second-order valence-corrected chi connectivity index (χ2v) is 6.39. The van der Waals surface area contributed by atoms with Crippen molar-refractivity contribution in [2.24, 2.45) is 0 Å². The molecule has 0 aliphatic carbocycles. The minimum absolute atomic E-state index is 0.184. The van der Waals surface area contributed by atoms with Crippen molar-refractivity contribution in [1.29, 1.82) is 0 Å². The first kappa shape index (κ1) is 13.2. The molecule has 1 aromatic carbocycles. The molecule has 0 fully saturated rings. The van der Waals surface area contributed by atoms with Crippen LogP contribution in [0, 0.1) is 0 Å². The number of anilines is 1. The lowest BCUT2D eigenvalue weighted by atomic mass is 10.2. The van der Waals surface area contributed by atoms with Crippen LogP contribution in [-0.4, -0.2) is 20.0 Å². The highest BCUT2D eigenvalue weighted by molar-refractivity contribution is 7.92. The summed E-state index contributed by atoms with van der Waals surface area (Å²) in [4.78, 5) is 4.09. The van der Waals surface area contributed by atoms with E-state index in [2.05, 4.69) is 9.71 Å². The summed E-state index contributed by atoms with van der Waals surface area (Å²) >= 11 is 5.73. The molecule has 0 atom stereocenters. The Morgan fingerprint density at radius 2 is 2.10 bits per heavy atom. The summed E-state index contributed by atoms with van der Waals surface area (Å²) in [6.07, 6.45) is 0.716. The molecule has 0 saturated carbocycles. The maximum atomic E-state index is 12.3. The number of benzene rings is 1. The van der Waals surface area contributed by atoms with Crippen LogP contribution in [0.25, 0.3) is 0 Å². The van der Waals surface area contributed by atoms with E-state index in [-0.39, 0.29) is 15.9 Å². The summed E-state index contributed by atoms with van der Waals surface area (Å²) in [5.74, 6) is 0.930. The van der Waals surface area contributed by atoms with Gasteiger partial charge in [-0.1, -0.05) is 17.7 Å². The molecule has 0 spiro atoms. The molecule has 1 aliphatic heterocycles. The second-order valence-electron chi connectivity index (χ2n) is 4.32. The molecule has 0 radical (unpaired) electrons. The summed E-state index contributed by atoms with van der Waals surface area (Å²) in [7, 11) is -3.68. The van der Waals surface area contributed by atoms with E-state index in [1.165, 1.54) is 6.07 Å². The van der Waals surface area contributed by atoms with E-state index < -0.39 is 10.0 Å². The molecule has 20 heavy (non-hydrogen) atoms. The molecule has 7 heteroatoms. The summed E-state index contributed by atoms with van der Waals surface area (Å²) in [6, 6.07) is 9.55. The van der Waals surface area contributed by atoms with E-state index in [4.69, 9.17) is 16.3 Å². The normalized spacial score (nSPS) is 13.7. The summed E-state index contributed by atoms with van der Waals surface area (Å²) in [6.45, 7) is 0.585. The monoisotopic (exact) mass is 310 g/mol. The first-order chi connectivity index (χ1) is 9.54. The van der Waals surface area contributed by atoms with Crippen molar-refractivity contribution in [3.8, 4) is 5.75 Å². The SMILES string of the molecule is O=S(=O)(Nc1cccc(Cl)n1)c1ccc2c(c1)CCO2. The van der Waals surface area contributed by atoms with Crippen LogP contribution >= 0.6 is 11.6 Å². The van der Waals surface area contributed by atoms with Gasteiger partial charge in [0.2, 0.25) is 0 Å². The first-order valence-corrected chi connectivity index (χ1v) is 7.82. The Kier molecular flexibility index (Phi) is 3.27. The van der Waals surface area contributed by atoms with Crippen molar-refractivity contribution in [3.63, 3.8) is 0 Å². The molecule has 1 N–H and O–H groups in total. The number of hydrogen-bond acceptors (Lipinski definition) is 4. The maximum absolute atomic E-state index is 12.3. The standard InChI is InChI=1S/C13H11ClN2O3S/c14-12-2-1-3-13(15-12)16-20(17,18)10-4-5-11-9(8-10)6-7-19-11/h1-5,8H,6-7H2,(H,15,16). The molecule has 0 unspecified atom stereocenters. The average molecular weight is 311 g/mol. The quantitative estimate of drug-likeness (QED) is 0.884. The van der Waals surface area contributed by atoms with E-state index in [1.54, 1.807) is 30.3 Å². The number of sulfonamides is 1. The third-order valence-electron chi connectivity index (χ3n) is 2.93. The highest BCUT2D eigenvalue weighted by atomic mass is 35.5. The van der Waals surface area contributed by atoms with Gasteiger partial charge in [-0.2, -0.15) is 0 Å². The highest BCUT2D eigenvalue weighted by Gasteiger charge is 2.19. The van der Waals surface area contributed by atoms with Crippen LogP contribution in [0.15, 0.2) is 41.3 Å². The number of nitrogens with zero attached hydrogens (tertiary/aromatic N) is 1. The van der Waals surface area contributed by atoms with Gasteiger partial charge in [0.25, 0.3) is 10.0 Å². The zero-order chi connectivity index (χ0) is 14.2. The molecule has 1 aromatic heterocycles. The van der Waals surface area contributed by atoms with Crippen LogP contribution in [0.2, 0.25) is 5.15 Å². The van der Waals surface area contributed by atoms with Crippen LogP contribution < -0.4 is 9.46 Å². The van der Waals surface area contributed by atoms with Gasteiger partial charge in [0, 0.05) is 6.42 Å². The summed E-state index contributed by atoms with van der Waals surface area (Å²) < 4.78 is 32.3. The van der Waals surface area contributed by atoms with Gasteiger partial charge in [0.15, 0.2) is 0 Å². The third kappa shape index (κ3) is 2.57.